The molecule has 1 saturated carbocycles. The van der Waals surface area contributed by atoms with Gasteiger partial charge in [0, 0.05) is 31.0 Å². The summed E-state index contributed by atoms with van der Waals surface area (Å²) < 4.78 is 1.99. The SMILES string of the molecule is CN(CCn1cccn1)C1(CN)CCCCC1. The van der Waals surface area contributed by atoms with E-state index in [0.717, 1.165) is 19.6 Å². The average molecular weight is 236 g/mol. The van der Waals surface area contributed by atoms with E-state index in [9.17, 15) is 0 Å². The quantitative estimate of drug-likeness (QED) is 0.842. The Hall–Kier alpha value is -0.870. The van der Waals surface area contributed by atoms with Crippen LogP contribution in [0.2, 0.25) is 0 Å². The van der Waals surface area contributed by atoms with E-state index >= 15 is 0 Å². The molecule has 0 aliphatic heterocycles. The molecule has 0 amide bonds. The van der Waals surface area contributed by atoms with E-state index in [0.29, 0.717) is 0 Å². The Bertz CT molecular complexity index is 314. The number of rotatable bonds is 5. The summed E-state index contributed by atoms with van der Waals surface area (Å²) in [7, 11) is 2.21. The molecule has 1 aromatic heterocycles. The van der Waals surface area contributed by atoms with Crippen LogP contribution in [0.25, 0.3) is 0 Å². The van der Waals surface area contributed by atoms with Crippen LogP contribution in [0.3, 0.4) is 0 Å². The lowest BCUT2D eigenvalue weighted by Gasteiger charge is -2.44. The van der Waals surface area contributed by atoms with Crippen LogP contribution in [0.4, 0.5) is 0 Å². The van der Waals surface area contributed by atoms with Crippen LogP contribution in [-0.4, -0.2) is 40.4 Å². The third-order valence-electron chi connectivity index (χ3n) is 4.20. The Balaban J connectivity index is 1.90. The first-order valence-corrected chi connectivity index (χ1v) is 6.66. The maximum absolute atomic E-state index is 6.02. The lowest BCUT2D eigenvalue weighted by Crippen LogP contribution is -2.54. The molecular weight excluding hydrogens is 212 g/mol. The summed E-state index contributed by atoms with van der Waals surface area (Å²) >= 11 is 0. The van der Waals surface area contributed by atoms with E-state index < -0.39 is 0 Å². The van der Waals surface area contributed by atoms with E-state index in [4.69, 9.17) is 5.73 Å². The summed E-state index contributed by atoms with van der Waals surface area (Å²) in [5.41, 5.74) is 6.27. The van der Waals surface area contributed by atoms with Gasteiger partial charge in [-0.2, -0.15) is 5.10 Å². The lowest BCUT2D eigenvalue weighted by molar-refractivity contribution is 0.0784. The van der Waals surface area contributed by atoms with Crippen molar-refractivity contribution in [2.24, 2.45) is 5.73 Å². The summed E-state index contributed by atoms with van der Waals surface area (Å²) in [6.07, 6.45) is 10.4. The number of nitrogens with two attached hydrogens (primary N) is 1. The van der Waals surface area contributed by atoms with Gasteiger partial charge in [-0.1, -0.05) is 19.3 Å². The van der Waals surface area contributed by atoms with Gasteiger partial charge in [-0.15, -0.1) is 0 Å². The maximum atomic E-state index is 6.02. The standard InChI is InChI=1S/C13H24N4/c1-16(10-11-17-9-5-8-15-17)13(12-14)6-3-2-4-7-13/h5,8-9H,2-4,6-7,10-12,14H2,1H3. The molecule has 4 nitrogen and oxygen atoms in total. The smallest absolute Gasteiger partial charge is 0.0536 e. The molecule has 0 aromatic carbocycles. The number of aromatic nitrogens is 2. The Morgan fingerprint density at radius 2 is 2.12 bits per heavy atom. The summed E-state index contributed by atoms with van der Waals surface area (Å²) in [4.78, 5) is 2.45. The molecule has 96 valence electrons. The molecule has 1 aromatic rings. The van der Waals surface area contributed by atoms with Gasteiger partial charge in [0.15, 0.2) is 0 Å². The number of hydrogen-bond donors (Lipinski definition) is 1. The molecule has 0 spiro atoms. The number of likely N-dealkylation sites (N-methyl/N-ethyl adjacent to an activating group) is 1. The van der Waals surface area contributed by atoms with Crippen molar-refractivity contribution in [3.05, 3.63) is 18.5 Å². The van der Waals surface area contributed by atoms with E-state index in [2.05, 4.69) is 17.0 Å². The minimum absolute atomic E-state index is 0.241. The molecule has 1 fully saturated rings. The molecule has 0 saturated heterocycles. The zero-order valence-electron chi connectivity index (χ0n) is 10.8. The molecule has 0 atom stereocenters. The van der Waals surface area contributed by atoms with Crippen LogP contribution < -0.4 is 5.73 Å². The molecule has 1 aliphatic rings. The molecule has 0 radical (unpaired) electrons. The minimum Gasteiger partial charge on any atom is -0.329 e. The van der Waals surface area contributed by atoms with Crippen molar-refractivity contribution in [1.82, 2.24) is 14.7 Å². The average Bonchev–Trinajstić information content (AvgIpc) is 2.90. The minimum atomic E-state index is 0.241. The predicted molar refractivity (Wildman–Crippen MR) is 69.7 cm³/mol. The zero-order valence-corrected chi connectivity index (χ0v) is 10.8. The second kappa shape index (κ2) is 5.65. The monoisotopic (exact) mass is 236 g/mol. The Morgan fingerprint density at radius 1 is 1.35 bits per heavy atom. The highest BCUT2D eigenvalue weighted by atomic mass is 15.3. The summed E-state index contributed by atoms with van der Waals surface area (Å²) in [5, 5.41) is 4.24. The molecule has 2 rings (SSSR count). The van der Waals surface area contributed by atoms with Crippen LogP contribution in [0.5, 0.6) is 0 Å². The molecule has 4 heteroatoms. The highest BCUT2D eigenvalue weighted by Crippen LogP contribution is 2.31. The van der Waals surface area contributed by atoms with Gasteiger partial charge in [0.25, 0.3) is 0 Å². The summed E-state index contributed by atoms with van der Waals surface area (Å²) in [6, 6.07) is 1.97. The first kappa shape index (κ1) is 12.6. The third-order valence-corrected chi connectivity index (χ3v) is 4.20. The Labute approximate surface area is 104 Å². The normalized spacial score (nSPS) is 19.7. The van der Waals surface area contributed by atoms with Gasteiger partial charge in [0.2, 0.25) is 0 Å². The lowest BCUT2D eigenvalue weighted by atomic mass is 9.80. The van der Waals surface area contributed by atoms with Gasteiger partial charge in [-0.25, -0.2) is 0 Å². The summed E-state index contributed by atoms with van der Waals surface area (Å²) in [6.45, 7) is 2.76. The number of nitrogens with zero attached hydrogens (tertiary/aromatic N) is 3. The Morgan fingerprint density at radius 3 is 2.71 bits per heavy atom. The molecule has 1 aliphatic carbocycles. The van der Waals surface area contributed by atoms with E-state index in [1.165, 1.54) is 32.1 Å². The van der Waals surface area contributed by atoms with Crippen molar-refractivity contribution >= 4 is 0 Å². The predicted octanol–water partition coefficient (Wildman–Crippen LogP) is 1.48. The van der Waals surface area contributed by atoms with Crippen molar-refractivity contribution in [3.8, 4) is 0 Å². The van der Waals surface area contributed by atoms with Gasteiger partial charge in [-0.3, -0.25) is 9.58 Å². The van der Waals surface area contributed by atoms with Gasteiger partial charge < -0.3 is 5.73 Å². The molecule has 0 bridgehead atoms. The van der Waals surface area contributed by atoms with E-state index in [1.807, 2.05) is 23.1 Å². The van der Waals surface area contributed by atoms with Gasteiger partial charge in [0.1, 0.15) is 0 Å². The largest absolute Gasteiger partial charge is 0.329 e. The second-order valence-electron chi connectivity index (χ2n) is 5.18. The van der Waals surface area contributed by atoms with Crippen molar-refractivity contribution in [1.29, 1.82) is 0 Å². The molecule has 1 heterocycles. The van der Waals surface area contributed by atoms with Crippen molar-refractivity contribution < 1.29 is 0 Å². The van der Waals surface area contributed by atoms with E-state index in [1.54, 1.807) is 0 Å². The number of hydrogen-bond acceptors (Lipinski definition) is 3. The van der Waals surface area contributed by atoms with Crippen LogP contribution in [0.15, 0.2) is 18.5 Å². The van der Waals surface area contributed by atoms with Crippen molar-refractivity contribution in [2.45, 2.75) is 44.2 Å². The van der Waals surface area contributed by atoms with Gasteiger partial charge in [0.05, 0.1) is 6.54 Å². The summed E-state index contributed by atoms with van der Waals surface area (Å²) in [5.74, 6) is 0. The third kappa shape index (κ3) is 2.87. The van der Waals surface area contributed by atoms with Crippen LogP contribution in [0.1, 0.15) is 32.1 Å². The molecule has 17 heavy (non-hydrogen) atoms. The van der Waals surface area contributed by atoms with Crippen LogP contribution in [-0.2, 0) is 6.54 Å². The molecule has 0 unspecified atom stereocenters. The van der Waals surface area contributed by atoms with Crippen LogP contribution in [0, 0.1) is 0 Å². The molecule has 2 N–H and O–H groups in total. The second-order valence-corrected chi connectivity index (χ2v) is 5.18. The van der Waals surface area contributed by atoms with Crippen LogP contribution >= 0.6 is 0 Å². The fourth-order valence-electron chi connectivity index (χ4n) is 2.87. The fraction of sp³-hybridized carbons (Fsp3) is 0.769. The van der Waals surface area contributed by atoms with Gasteiger partial charge >= 0.3 is 0 Å². The zero-order chi connectivity index (χ0) is 12.1. The first-order valence-electron chi connectivity index (χ1n) is 6.66. The highest BCUT2D eigenvalue weighted by Gasteiger charge is 2.34. The van der Waals surface area contributed by atoms with E-state index in [-0.39, 0.29) is 5.54 Å². The fourth-order valence-corrected chi connectivity index (χ4v) is 2.87. The first-order chi connectivity index (χ1) is 8.27. The Kier molecular flexibility index (Phi) is 4.18. The molecular formula is C13H24N4. The van der Waals surface area contributed by atoms with Crippen molar-refractivity contribution in [2.75, 3.05) is 20.1 Å². The topological polar surface area (TPSA) is 47.1 Å². The maximum Gasteiger partial charge on any atom is 0.0536 e. The highest BCUT2D eigenvalue weighted by molar-refractivity contribution is 4.92. The van der Waals surface area contributed by atoms with Gasteiger partial charge in [-0.05, 0) is 26.0 Å². The van der Waals surface area contributed by atoms with Crippen molar-refractivity contribution in [3.63, 3.8) is 0 Å².